The average molecular weight is 608 g/mol. The van der Waals surface area contributed by atoms with Crippen LogP contribution in [0.5, 0.6) is 0 Å². The number of nitrogens with zero attached hydrogens (tertiary/aromatic N) is 2. The van der Waals surface area contributed by atoms with Crippen molar-refractivity contribution in [2.24, 2.45) is 11.8 Å². The molecule has 4 unspecified atom stereocenters. The number of hydrogen-bond donors (Lipinski definition) is 0. The van der Waals surface area contributed by atoms with E-state index in [1.54, 1.807) is 0 Å². The van der Waals surface area contributed by atoms with Crippen LogP contribution in [0.3, 0.4) is 0 Å². The van der Waals surface area contributed by atoms with Crippen LogP contribution in [-0.2, 0) is 11.3 Å². The summed E-state index contributed by atoms with van der Waals surface area (Å²) in [7, 11) is 0. The highest BCUT2D eigenvalue weighted by Gasteiger charge is 2.55. The van der Waals surface area contributed by atoms with Crippen molar-refractivity contribution >= 4 is 32.4 Å². The Morgan fingerprint density at radius 3 is 2.34 bits per heavy atom. The highest BCUT2D eigenvalue weighted by Crippen LogP contribution is 2.50. The van der Waals surface area contributed by atoms with Gasteiger partial charge < -0.3 is 26.2 Å². The van der Waals surface area contributed by atoms with Crippen molar-refractivity contribution in [2.45, 2.75) is 44.9 Å². The van der Waals surface area contributed by atoms with Gasteiger partial charge in [0.05, 0.1) is 25.2 Å². The maximum Gasteiger partial charge on any atom is 0.135 e. The second-order valence-electron chi connectivity index (χ2n) is 12.1. The van der Waals surface area contributed by atoms with E-state index < -0.39 is 0 Å². The molecule has 3 aliphatic heterocycles. The summed E-state index contributed by atoms with van der Waals surface area (Å²) >= 11 is 0. The lowest BCUT2D eigenvalue weighted by atomic mass is 9.70. The summed E-state index contributed by atoms with van der Waals surface area (Å²) in [5.74, 6) is 1.53. The van der Waals surface area contributed by atoms with Gasteiger partial charge in [-0.05, 0) is 57.6 Å². The fraction of sp³-hybridized carbons (Fsp3) is 0.324. The summed E-state index contributed by atoms with van der Waals surface area (Å²) in [6.07, 6.45) is 7.64. The van der Waals surface area contributed by atoms with E-state index in [4.69, 9.17) is 9.72 Å². The van der Waals surface area contributed by atoms with Gasteiger partial charge in [0, 0.05) is 35.9 Å². The maximum atomic E-state index is 6.82. The first kappa shape index (κ1) is 28.1. The highest BCUT2D eigenvalue weighted by atomic mass is 79.9. The number of rotatable bonds is 8. The third-order valence-electron chi connectivity index (χ3n) is 10.1. The molecule has 210 valence electrons. The zero-order valence-electron chi connectivity index (χ0n) is 23.9. The molecule has 0 amide bonds. The summed E-state index contributed by atoms with van der Waals surface area (Å²) in [4.78, 5) is 4.70. The lowest BCUT2D eigenvalue weighted by Crippen LogP contribution is -3.00. The van der Waals surface area contributed by atoms with Crippen LogP contribution in [0, 0.1) is 11.8 Å². The van der Waals surface area contributed by atoms with Gasteiger partial charge in [-0.2, -0.15) is 0 Å². The molecule has 0 spiro atoms. The molecule has 0 aliphatic carbocycles. The molecule has 41 heavy (non-hydrogen) atoms. The Labute approximate surface area is 254 Å². The van der Waals surface area contributed by atoms with E-state index >= 15 is 0 Å². The van der Waals surface area contributed by atoms with Crippen LogP contribution in [0.25, 0.3) is 32.4 Å². The number of ether oxygens (including phenoxy) is 1. The summed E-state index contributed by atoms with van der Waals surface area (Å²) in [6.45, 7) is 10.4. The van der Waals surface area contributed by atoms with Gasteiger partial charge in [-0.25, -0.2) is 0 Å². The molecule has 3 saturated heterocycles. The molecule has 8 rings (SSSR count). The van der Waals surface area contributed by atoms with Crippen LogP contribution in [-0.4, -0.2) is 35.2 Å². The molecule has 5 atom stereocenters. The number of piperidine rings is 3. The van der Waals surface area contributed by atoms with Crippen molar-refractivity contribution in [3.63, 3.8) is 0 Å². The largest absolute Gasteiger partial charge is 1.00 e. The molecular weight excluding hydrogens is 568 g/mol. The fourth-order valence-corrected chi connectivity index (χ4v) is 8.18. The second kappa shape index (κ2) is 11.7. The van der Waals surface area contributed by atoms with Crippen LogP contribution in [0.4, 0.5) is 0 Å². The number of pyridine rings is 1. The van der Waals surface area contributed by atoms with Gasteiger partial charge in [-0.15, -0.1) is 6.58 Å². The number of benzene rings is 4. The lowest BCUT2D eigenvalue weighted by Gasteiger charge is -2.59. The van der Waals surface area contributed by atoms with Crippen molar-refractivity contribution in [3.05, 3.63) is 115 Å². The summed E-state index contributed by atoms with van der Waals surface area (Å²) in [5.41, 5.74) is 3.82. The Kier molecular flexibility index (Phi) is 8.00. The molecule has 2 bridgehead atoms. The first-order valence-corrected chi connectivity index (χ1v) is 15.0. The minimum atomic E-state index is -0.00672. The SMILES string of the molecule is C=CCO[C@H](c1ccnc2ccccc12)C1CC2CC[N+]1(Cc1c3ccccc3cc3ccccc13)CC2CC.[Br-]. The summed E-state index contributed by atoms with van der Waals surface area (Å²) < 4.78 is 7.91. The number of quaternary nitrogens is 1. The Balaban J connectivity index is 0.00000302. The minimum Gasteiger partial charge on any atom is -1.00 e. The molecule has 3 nitrogen and oxygen atoms in total. The molecular formula is C37H39BrN2O. The average Bonchev–Trinajstić information content (AvgIpc) is 3.01. The number of aromatic nitrogens is 1. The number of fused-ring (bicyclic) bond motifs is 6. The maximum absolute atomic E-state index is 6.82. The Bertz CT molecular complexity index is 1640. The van der Waals surface area contributed by atoms with Gasteiger partial charge in [-0.3, -0.25) is 4.98 Å². The van der Waals surface area contributed by atoms with E-state index in [2.05, 4.69) is 98.4 Å². The van der Waals surface area contributed by atoms with Crippen LogP contribution >= 0.6 is 0 Å². The summed E-state index contributed by atoms with van der Waals surface area (Å²) in [6, 6.07) is 31.5. The smallest absolute Gasteiger partial charge is 0.135 e. The monoisotopic (exact) mass is 606 g/mol. The molecule has 0 N–H and O–H groups in total. The Morgan fingerprint density at radius 1 is 0.951 bits per heavy atom. The summed E-state index contributed by atoms with van der Waals surface area (Å²) in [5, 5.41) is 6.67. The van der Waals surface area contributed by atoms with Crippen LogP contribution < -0.4 is 17.0 Å². The minimum absolute atomic E-state index is 0. The lowest BCUT2D eigenvalue weighted by molar-refractivity contribution is -0.985. The van der Waals surface area contributed by atoms with Crippen molar-refractivity contribution < 1.29 is 26.2 Å². The Morgan fingerprint density at radius 2 is 1.63 bits per heavy atom. The number of halogens is 1. The molecule has 3 aliphatic rings. The van der Waals surface area contributed by atoms with Gasteiger partial charge in [0.1, 0.15) is 18.7 Å². The molecule has 4 aromatic carbocycles. The fourth-order valence-electron chi connectivity index (χ4n) is 8.18. The third kappa shape index (κ3) is 4.90. The van der Waals surface area contributed by atoms with Gasteiger partial charge in [0.15, 0.2) is 0 Å². The van der Waals surface area contributed by atoms with Crippen molar-refractivity contribution in [1.29, 1.82) is 0 Å². The van der Waals surface area contributed by atoms with Crippen molar-refractivity contribution in [3.8, 4) is 0 Å². The van der Waals surface area contributed by atoms with Crippen molar-refractivity contribution in [2.75, 3.05) is 19.7 Å². The van der Waals surface area contributed by atoms with Crippen molar-refractivity contribution in [1.82, 2.24) is 4.98 Å². The molecule has 4 heteroatoms. The normalized spacial score (nSPS) is 24.4. The van der Waals surface area contributed by atoms with E-state index in [9.17, 15) is 0 Å². The number of hydrogen-bond acceptors (Lipinski definition) is 2. The molecule has 5 aromatic rings. The Hall–Kier alpha value is -3.05. The van der Waals surface area contributed by atoms with Gasteiger partial charge in [0.25, 0.3) is 0 Å². The van der Waals surface area contributed by atoms with E-state index in [0.29, 0.717) is 12.6 Å². The van der Waals surface area contributed by atoms with E-state index in [0.717, 1.165) is 28.4 Å². The first-order valence-electron chi connectivity index (χ1n) is 15.0. The van der Waals surface area contributed by atoms with Gasteiger partial charge in [0.2, 0.25) is 0 Å². The predicted octanol–water partition coefficient (Wildman–Crippen LogP) is 5.62. The molecule has 0 radical (unpaired) electrons. The van der Waals surface area contributed by atoms with Crippen LogP contribution in [0.2, 0.25) is 0 Å². The predicted molar refractivity (Wildman–Crippen MR) is 166 cm³/mol. The topological polar surface area (TPSA) is 22.1 Å². The molecule has 4 heterocycles. The molecule has 0 saturated carbocycles. The third-order valence-corrected chi connectivity index (χ3v) is 10.1. The van der Waals surface area contributed by atoms with Gasteiger partial charge in [-0.1, -0.05) is 79.7 Å². The second-order valence-corrected chi connectivity index (χ2v) is 12.1. The molecule has 3 fully saturated rings. The van der Waals surface area contributed by atoms with E-state index in [-0.39, 0.29) is 23.1 Å². The van der Waals surface area contributed by atoms with E-state index in [1.165, 1.54) is 70.4 Å². The standard InChI is InChI=1S/C37H39N2O.BrH/c1-3-21-40-37(33-17-19-38-35-16-10-9-15-32(33)35)36-23-27-18-20-39(36,24-26(27)4-2)25-34-30-13-7-5-11-28(30)22-29-12-6-8-14-31(29)34;/h3,5-17,19,22,26-27,36-37H,1,4,18,20-21,23-25H2,2H3;1H/q+1;/p-1/t26?,27?,36?,37-,39?;/m1./s1. The molecule has 1 aromatic heterocycles. The van der Waals surface area contributed by atoms with Gasteiger partial charge >= 0.3 is 0 Å². The van der Waals surface area contributed by atoms with Crippen LogP contribution in [0.15, 0.2) is 104 Å². The van der Waals surface area contributed by atoms with E-state index in [1.807, 2.05) is 12.3 Å². The highest BCUT2D eigenvalue weighted by molar-refractivity contribution is 6.02. The van der Waals surface area contributed by atoms with Crippen LogP contribution in [0.1, 0.15) is 43.4 Å². The zero-order chi connectivity index (χ0) is 27.1. The quantitative estimate of drug-likeness (QED) is 0.130. The number of para-hydroxylation sites is 1. The zero-order valence-corrected chi connectivity index (χ0v) is 25.5. The first-order chi connectivity index (χ1) is 19.7.